The van der Waals surface area contributed by atoms with E-state index in [0.717, 1.165) is 5.56 Å². The van der Waals surface area contributed by atoms with Crippen LogP contribution in [0.1, 0.15) is 11.1 Å². The van der Waals surface area contributed by atoms with Crippen LogP contribution in [-0.2, 0) is 0 Å². The Bertz CT molecular complexity index is 338. The van der Waals surface area contributed by atoms with E-state index in [0.29, 0.717) is 11.3 Å². The second kappa shape index (κ2) is 4.13. The summed E-state index contributed by atoms with van der Waals surface area (Å²) in [4.78, 5) is 3.49. The van der Waals surface area contributed by atoms with E-state index in [1.807, 2.05) is 6.92 Å². The molecule has 0 aliphatic rings. The Balaban J connectivity index is 3.05. The molecule has 0 aliphatic carbocycles. The molecule has 1 heterocycles. The van der Waals surface area contributed by atoms with Crippen molar-refractivity contribution in [3.05, 3.63) is 29.3 Å². The van der Waals surface area contributed by atoms with E-state index in [4.69, 9.17) is 0 Å². The monoisotopic (exact) mass is 181 g/mol. The molecular formula is C9H8FNS. The van der Waals surface area contributed by atoms with Crippen molar-refractivity contribution >= 4 is 12.6 Å². The molecule has 0 unspecified atom stereocenters. The van der Waals surface area contributed by atoms with E-state index in [9.17, 15) is 4.39 Å². The van der Waals surface area contributed by atoms with Gasteiger partial charge in [-0.25, -0.2) is 4.98 Å². The first-order valence-electron chi connectivity index (χ1n) is 3.46. The Morgan fingerprint density at radius 1 is 1.67 bits per heavy atom. The predicted molar refractivity (Wildman–Crippen MR) is 49.7 cm³/mol. The lowest BCUT2D eigenvalue weighted by atomic mass is 10.2. The molecule has 0 saturated heterocycles. The molecule has 0 N–H and O–H groups in total. The van der Waals surface area contributed by atoms with Crippen LogP contribution in [0.4, 0.5) is 4.39 Å². The van der Waals surface area contributed by atoms with Crippen molar-refractivity contribution in [2.24, 2.45) is 0 Å². The van der Waals surface area contributed by atoms with Gasteiger partial charge in [-0.05, 0) is 12.5 Å². The highest BCUT2D eigenvalue weighted by molar-refractivity contribution is 7.80. The van der Waals surface area contributed by atoms with Crippen LogP contribution in [-0.4, -0.2) is 10.7 Å². The van der Waals surface area contributed by atoms with Crippen LogP contribution in [0, 0.1) is 24.7 Å². The predicted octanol–water partition coefficient (Wildman–Crippen LogP) is 1.81. The topological polar surface area (TPSA) is 12.9 Å². The molecule has 1 nitrogen and oxygen atoms in total. The quantitative estimate of drug-likeness (QED) is 0.366. The van der Waals surface area contributed by atoms with Crippen molar-refractivity contribution in [1.29, 1.82) is 0 Å². The number of hydrogen-bond acceptors (Lipinski definition) is 2. The van der Waals surface area contributed by atoms with Gasteiger partial charge in [0, 0.05) is 17.8 Å². The van der Waals surface area contributed by atoms with Crippen molar-refractivity contribution in [2.45, 2.75) is 6.92 Å². The SMILES string of the molecule is Cc1cnc(F)cc1C#CCS. The average Bonchev–Trinajstić information content (AvgIpc) is 2.07. The fourth-order valence-corrected chi connectivity index (χ4v) is 0.847. The van der Waals surface area contributed by atoms with Crippen LogP contribution >= 0.6 is 12.6 Å². The molecule has 1 aromatic heterocycles. The standard InChI is InChI=1S/C9H8FNS/c1-7-6-11-9(10)5-8(7)3-2-4-12/h5-6,12H,4H2,1H3. The van der Waals surface area contributed by atoms with E-state index in [2.05, 4.69) is 29.5 Å². The number of pyridine rings is 1. The smallest absolute Gasteiger partial charge is 0.214 e. The Kier molecular flexibility index (Phi) is 3.12. The van der Waals surface area contributed by atoms with Gasteiger partial charge >= 0.3 is 0 Å². The van der Waals surface area contributed by atoms with Crippen LogP contribution in [0.15, 0.2) is 12.3 Å². The molecule has 0 bridgehead atoms. The highest BCUT2D eigenvalue weighted by Gasteiger charge is 1.96. The number of thiol groups is 1. The van der Waals surface area contributed by atoms with E-state index >= 15 is 0 Å². The van der Waals surface area contributed by atoms with Gasteiger partial charge < -0.3 is 0 Å². The number of rotatable bonds is 0. The third kappa shape index (κ3) is 2.24. The zero-order chi connectivity index (χ0) is 8.97. The fraction of sp³-hybridized carbons (Fsp3) is 0.222. The second-order valence-corrected chi connectivity index (χ2v) is 2.60. The summed E-state index contributed by atoms with van der Waals surface area (Å²) in [5.74, 6) is 5.53. The maximum Gasteiger partial charge on any atom is 0.214 e. The van der Waals surface area contributed by atoms with Gasteiger partial charge in [-0.2, -0.15) is 17.0 Å². The van der Waals surface area contributed by atoms with Crippen LogP contribution < -0.4 is 0 Å². The highest BCUT2D eigenvalue weighted by atomic mass is 32.1. The van der Waals surface area contributed by atoms with Crippen LogP contribution in [0.3, 0.4) is 0 Å². The van der Waals surface area contributed by atoms with Crippen LogP contribution in [0.25, 0.3) is 0 Å². The molecule has 0 spiro atoms. The van der Waals surface area contributed by atoms with Gasteiger partial charge in [-0.3, -0.25) is 0 Å². The van der Waals surface area contributed by atoms with Gasteiger partial charge in [0.2, 0.25) is 5.95 Å². The van der Waals surface area contributed by atoms with Crippen molar-refractivity contribution in [3.63, 3.8) is 0 Å². The third-order valence-corrected chi connectivity index (χ3v) is 1.53. The molecule has 1 aromatic rings. The molecular weight excluding hydrogens is 173 g/mol. The van der Waals surface area contributed by atoms with Crippen molar-refractivity contribution in [1.82, 2.24) is 4.98 Å². The van der Waals surface area contributed by atoms with E-state index in [1.54, 1.807) is 0 Å². The zero-order valence-corrected chi connectivity index (χ0v) is 7.53. The van der Waals surface area contributed by atoms with Crippen molar-refractivity contribution in [3.8, 4) is 11.8 Å². The summed E-state index contributed by atoms with van der Waals surface area (Å²) in [6, 6.07) is 1.33. The maximum absolute atomic E-state index is 12.6. The highest BCUT2D eigenvalue weighted by Crippen LogP contribution is 2.05. The molecule has 0 fully saturated rings. The molecule has 0 aromatic carbocycles. The lowest BCUT2D eigenvalue weighted by Gasteiger charge is -1.95. The first-order valence-corrected chi connectivity index (χ1v) is 4.09. The summed E-state index contributed by atoms with van der Waals surface area (Å²) in [5.41, 5.74) is 1.56. The van der Waals surface area contributed by atoms with Crippen LogP contribution in [0.5, 0.6) is 0 Å². The van der Waals surface area contributed by atoms with E-state index in [1.165, 1.54) is 12.3 Å². The number of hydrogen-bond donors (Lipinski definition) is 1. The van der Waals surface area contributed by atoms with Gasteiger partial charge in [0.05, 0.1) is 5.75 Å². The first kappa shape index (κ1) is 9.08. The third-order valence-electron chi connectivity index (χ3n) is 1.37. The summed E-state index contributed by atoms with van der Waals surface area (Å²) in [7, 11) is 0. The van der Waals surface area contributed by atoms with Crippen LogP contribution in [0.2, 0.25) is 0 Å². The number of aromatic nitrogens is 1. The van der Waals surface area contributed by atoms with E-state index < -0.39 is 5.95 Å². The number of aryl methyl sites for hydroxylation is 1. The molecule has 0 radical (unpaired) electrons. The number of halogens is 1. The molecule has 62 valence electrons. The zero-order valence-electron chi connectivity index (χ0n) is 6.63. The average molecular weight is 181 g/mol. The molecule has 1 rings (SSSR count). The summed E-state index contributed by atoms with van der Waals surface area (Å²) in [6.45, 7) is 1.84. The Morgan fingerprint density at radius 3 is 3.08 bits per heavy atom. The van der Waals surface area contributed by atoms with Gasteiger partial charge in [0.15, 0.2) is 0 Å². The fourth-order valence-electron chi connectivity index (χ4n) is 0.768. The Morgan fingerprint density at radius 2 is 2.42 bits per heavy atom. The number of nitrogens with zero attached hydrogens (tertiary/aromatic N) is 1. The molecule has 0 amide bonds. The summed E-state index contributed by atoms with van der Waals surface area (Å²) in [6.07, 6.45) is 1.47. The van der Waals surface area contributed by atoms with E-state index in [-0.39, 0.29) is 0 Å². The molecule has 0 saturated carbocycles. The minimum Gasteiger partial charge on any atom is -0.228 e. The largest absolute Gasteiger partial charge is 0.228 e. The second-order valence-electron chi connectivity index (χ2n) is 2.28. The van der Waals surface area contributed by atoms with Gasteiger partial charge in [-0.1, -0.05) is 11.8 Å². The normalized spacial score (nSPS) is 8.92. The van der Waals surface area contributed by atoms with Gasteiger partial charge in [-0.15, -0.1) is 0 Å². The van der Waals surface area contributed by atoms with Crippen molar-refractivity contribution < 1.29 is 4.39 Å². The Labute approximate surface area is 76.4 Å². The summed E-state index contributed by atoms with van der Waals surface area (Å²) in [5, 5.41) is 0. The maximum atomic E-state index is 12.6. The minimum absolute atomic E-state index is 0.476. The minimum atomic E-state index is -0.496. The van der Waals surface area contributed by atoms with Crippen molar-refractivity contribution in [2.75, 3.05) is 5.75 Å². The molecule has 3 heteroatoms. The molecule has 12 heavy (non-hydrogen) atoms. The lowest BCUT2D eigenvalue weighted by molar-refractivity contribution is 0.582. The summed E-state index contributed by atoms with van der Waals surface area (Å²) >= 11 is 3.93. The van der Waals surface area contributed by atoms with Gasteiger partial charge in [0.25, 0.3) is 0 Å². The van der Waals surface area contributed by atoms with Gasteiger partial charge in [0.1, 0.15) is 0 Å². The molecule has 0 atom stereocenters. The Hall–Kier alpha value is -1.01. The lowest BCUT2D eigenvalue weighted by Crippen LogP contribution is -1.88. The first-order chi connectivity index (χ1) is 5.74. The summed E-state index contributed by atoms with van der Waals surface area (Å²) < 4.78 is 12.6. The molecule has 0 aliphatic heterocycles.